The minimum atomic E-state index is 0.465. The summed E-state index contributed by atoms with van der Waals surface area (Å²) >= 11 is 4.66. The first-order valence-corrected chi connectivity index (χ1v) is 8.28. The second-order valence-electron chi connectivity index (χ2n) is 6.40. The van der Waals surface area contributed by atoms with Crippen LogP contribution in [-0.2, 0) is 4.74 Å². The van der Waals surface area contributed by atoms with E-state index in [1.54, 1.807) is 0 Å². The average Bonchev–Trinajstić information content (AvgIpc) is 2.74. The summed E-state index contributed by atoms with van der Waals surface area (Å²) in [4.78, 5) is 2.50. The van der Waals surface area contributed by atoms with Crippen LogP contribution < -0.4 is 0 Å². The van der Waals surface area contributed by atoms with E-state index in [0.29, 0.717) is 11.5 Å². The van der Waals surface area contributed by atoms with Gasteiger partial charge in [0.15, 0.2) is 0 Å². The van der Waals surface area contributed by atoms with Crippen molar-refractivity contribution in [3.8, 4) is 0 Å². The second kappa shape index (κ2) is 7.16. The lowest BCUT2D eigenvalue weighted by molar-refractivity contribution is 0.0653. The van der Waals surface area contributed by atoms with Gasteiger partial charge >= 0.3 is 0 Å². The van der Waals surface area contributed by atoms with Gasteiger partial charge in [0.25, 0.3) is 0 Å². The molecule has 1 atom stereocenters. The SMILES string of the molecule is CN(CC1CCCO1)CC1(CS)CCCCCC1. The molecule has 0 bridgehead atoms. The third kappa shape index (κ3) is 4.14. The Balaban J connectivity index is 1.83. The van der Waals surface area contributed by atoms with Crippen LogP contribution in [0.15, 0.2) is 0 Å². The van der Waals surface area contributed by atoms with Crippen molar-refractivity contribution in [1.29, 1.82) is 0 Å². The maximum absolute atomic E-state index is 5.74. The monoisotopic (exact) mass is 271 g/mol. The van der Waals surface area contributed by atoms with Crippen molar-refractivity contribution in [2.45, 2.75) is 57.5 Å². The van der Waals surface area contributed by atoms with E-state index in [4.69, 9.17) is 4.74 Å². The van der Waals surface area contributed by atoms with Crippen LogP contribution in [0.25, 0.3) is 0 Å². The number of thiol groups is 1. The molecule has 1 aliphatic heterocycles. The third-order valence-electron chi connectivity index (χ3n) is 4.64. The molecule has 1 saturated heterocycles. The van der Waals surface area contributed by atoms with Crippen LogP contribution in [0.2, 0.25) is 0 Å². The van der Waals surface area contributed by atoms with Gasteiger partial charge in [-0.25, -0.2) is 0 Å². The van der Waals surface area contributed by atoms with Crippen LogP contribution in [-0.4, -0.2) is 43.5 Å². The van der Waals surface area contributed by atoms with Crippen molar-refractivity contribution in [1.82, 2.24) is 4.90 Å². The predicted molar refractivity (Wildman–Crippen MR) is 80.5 cm³/mol. The van der Waals surface area contributed by atoms with Crippen LogP contribution in [0.3, 0.4) is 0 Å². The maximum atomic E-state index is 5.74. The van der Waals surface area contributed by atoms with Crippen LogP contribution in [0, 0.1) is 5.41 Å². The zero-order chi connectivity index (χ0) is 12.8. The molecule has 1 aliphatic carbocycles. The quantitative estimate of drug-likeness (QED) is 0.608. The zero-order valence-corrected chi connectivity index (χ0v) is 12.8. The Hall–Kier alpha value is 0.270. The fourth-order valence-electron chi connectivity index (χ4n) is 3.62. The van der Waals surface area contributed by atoms with Crippen molar-refractivity contribution >= 4 is 12.6 Å². The molecule has 1 saturated carbocycles. The molecule has 2 aliphatic rings. The second-order valence-corrected chi connectivity index (χ2v) is 6.72. The molecular formula is C15H29NOS. The molecule has 0 aromatic carbocycles. The normalized spacial score (nSPS) is 28.5. The topological polar surface area (TPSA) is 12.5 Å². The molecule has 2 nitrogen and oxygen atoms in total. The van der Waals surface area contributed by atoms with Gasteiger partial charge in [0.05, 0.1) is 6.10 Å². The van der Waals surface area contributed by atoms with Crippen molar-refractivity contribution in [2.75, 3.05) is 32.5 Å². The lowest BCUT2D eigenvalue weighted by Gasteiger charge is -2.36. The minimum absolute atomic E-state index is 0.465. The lowest BCUT2D eigenvalue weighted by Crippen LogP contribution is -2.40. The van der Waals surface area contributed by atoms with E-state index in [1.807, 2.05) is 0 Å². The molecule has 0 amide bonds. The van der Waals surface area contributed by atoms with Gasteiger partial charge in [-0.05, 0) is 43.9 Å². The van der Waals surface area contributed by atoms with E-state index >= 15 is 0 Å². The van der Waals surface area contributed by atoms with Gasteiger partial charge in [-0.1, -0.05) is 25.7 Å². The summed E-state index contributed by atoms with van der Waals surface area (Å²) in [6.07, 6.45) is 11.4. The smallest absolute Gasteiger partial charge is 0.0702 e. The molecule has 3 heteroatoms. The summed E-state index contributed by atoms with van der Waals surface area (Å²) < 4.78 is 5.74. The summed E-state index contributed by atoms with van der Waals surface area (Å²) in [5.74, 6) is 1.04. The highest BCUT2D eigenvalue weighted by Crippen LogP contribution is 2.36. The molecule has 0 N–H and O–H groups in total. The number of likely N-dealkylation sites (N-methyl/N-ethyl adjacent to an activating group) is 1. The first kappa shape index (κ1) is 14.7. The number of rotatable bonds is 5. The van der Waals surface area contributed by atoms with Crippen molar-refractivity contribution in [3.63, 3.8) is 0 Å². The standard InChI is InChI=1S/C15H29NOS/c1-16(11-14-7-6-10-17-14)12-15(13-18)8-4-2-3-5-9-15/h14,18H,2-13H2,1H3. The highest BCUT2D eigenvalue weighted by atomic mass is 32.1. The van der Waals surface area contributed by atoms with Crippen LogP contribution in [0.1, 0.15) is 51.4 Å². The predicted octanol–water partition coefficient (Wildman–Crippen LogP) is 3.37. The Morgan fingerprint density at radius 3 is 2.44 bits per heavy atom. The van der Waals surface area contributed by atoms with E-state index in [2.05, 4.69) is 24.6 Å². The van der Waals surface area contributed by atoms with Crippen molar-refractivity contribution < 1.29 is 4.74 Å². The van der Waals surface area contributed by atoms with Gasteiger partial charge < -0.3 is 9.64 Å². The fourth-order valence-corrected chi connectivity index (χ4v) is 4.03. The zero-order valence-electron chi connectivity index (χ0n) is 11.9. The maximum Gasteiger partial charge on any atom is 0.0702 e. The highest BCUT2D eigenvalue weighted by Gasteiger charge is 2.31. The molecule has 0 spiro atoms. The number of hydrogen-bond acceptors (Lipinski definition) is 3. The largest absolute Gasteiger partial charge is 0.377 e. The first-order valence-electron chi connectivity index (χ1n) is 7.65. The van der Waals surface area contributed by atoms with Crippen LogP contribution in [0.5, 0.6) is 0 Å². The number of nitrogens with zero attached hydrogens (tertiary/aromatic N) is 1. The number of hydrogen-bond donors (Lipinski definition) is 1. The molecule has 106 valence electrons. The summed E-state index contributed by atoms with van der Waals surface area (Å²) in [5, 5.41) is 0. The van der Waals surface area contributed by atoms with E-state index in [1.165, 1.54) is 57.9 Å². The Bertz CT molecular complexity index is 233. The third-order valence-corrected chi connectivity index (χ3v) is 5.32. The first-order chi connectivity index (χ1) is 8.74. The van der Waals surface area contributed by atoms with E-state index < -0.39 is 0 Å². The minimum Gasteiger partial charge on any atom is -0.377 e. The van der Waals surface area contributed by atoms with Crippen LogP contribution >= 0.6 is 12.6 Å². The summed E-state index contributed by atoms with van der Waals surface area (Å²) in [6.45, 7) is 3.28. The van der Waals surface area contributed by atoms with Gasteiger partial charge in [0.1, 0.15) is 0 Å². The van der Waals surface area contributed by atoms with Gasteiger partial charge in [0.2, 0.25) is 0 Å². The molecule has 2 fully saturated rings. The molecule has 1 heterocycles. The Morgan fingerprint density at radius 1 is 1.17 bits per heavy atom. The molecular weight excluding hydrogens is 242 g/mol. The van der Waals surface area contributed by atoms with Gasteiger partial charge in [-0.3, -0.25) is 0 Å². The van der Waals surface area contributed by atoms with Crippen molar-refractivity contribution in [2.24, 2.45) is 5.41 Å². The highest BCUT2D eigenvalue weighted by molar-refractivity contribution is 7.80. The summed E-state index contributed by atoms with van der Waals surface area (Å²) in [5.41, 5.74) is 0.465. The fraction of sp³-hybridized carbons (Fsp3) is 1.00. The summed E-state index contributed by atoms with van der Waals surface area (Å²) in [6, 6.07) is 0. The van der Waals surface area contributed by atoms with E-state index in [9.17, 15) is 0 Å². The Kier molecular flexibility index (Phi) is 5.84. The Labute approximate surface area is 118 Å². The molecule has 1 unspecified atom stereocenters. The van der Waals surface area contributed by atoms with Gasteiger partial charge in [-0.15, -0.1) is 0 Å². The van der Waals surface area contributed by atoms with Crippen LogP contribution in [0.4, 0.5) is 0 Å². The average molecular weight is 271 g/mol. The lowest BCUT2D eigenvalue weighted by atomic mass is 9.81. The number of ether oxygens (including phenoxy) is 1. The van der Waals surface area contributed by atoms with E-state index in [0.717, 1.165) is 18.9 Å². The molecule has 0 radical (unpaired) electrons. The summed E-state index contributed by atoms with van der Waals surface area (Å²) in [7, 11) is 2.26. The molecule has 18 heavy (non-hydrogen) atoms. The van der Waals surface area contributed by atoms with E-state index in [-0.39, 0.29) is 0 Å². The molecule has 0 aromatic rings. The van der Waals surface area contributed by atoms with Gasteiger partial charge in [0, 0.05) is 19.7 Å². The molecule has 2 rings (SSSR count). The van der Waals surface area contributed by atoms with Gasteiger partial charge in [-0.2, -0.15) is 12.6 Å². The molecule has 0 aromatic heterocycles. The van der Waals surface area contributed by atoms with Crippen molar-refractivity contribution in [3.05, 3.63) is 0 Å². The Morgan fingerprint density at radius 2 is 1.89 bits per heavy atom.